The van der Waals surface area contributed by atoms with Crippen molar-refractivity contribution in [2.45, 2.75) is 6.92 Å². The molecule has 0 fully saturated rings. The van der Waals surface area contributed by atoms with Gasteiger partial charge in [0.05, 0.1) is 5.56 Å². The molecule has 0 saturated heterocycles. The van der Waals surface area contributed by atoms with E-state index in [0.717, 1.165) is 11.1 Å². The van der Waals surface area contributed by atoms with Gasteiger partial charge >= 0.3 is 0 Å². The van der Waals surface area contributed by atoms with Crippen molar-refractivity contribution in [1.29, 1.82) is 0 Å². The molecule has 0 spiro atoms. The first-order valence-corrected chi connectivity index (χ1v) is 6.23. The number of carbonyl (C=O) groups is 1. The minimum absolute atomic E-state index is 0.148. The number of pyridine rings is 2. The second kappa shape index (κ2) is 4.74. The van der Waals surface area contributed by atoms with Crippen LogP contribution in [0.2, 0.25) is 0 Å². The summed E-state index contributed by atoms with van der Waals surface area (Å²) >= 11 is 0. The van der Waals surface area contributed by atoms with Crippen LogP contribution in [0.25, 0.3) is 10.9 Å². The predicted molar refractivity (Wildman–Crippen MR) is 77.0 cm³/mol. The Hall–Kier alpha value is -2.75. The van der Waals surface area contributed by atoms with Crippen molar-refractivity contribution in [2.24, 2.45) is 0 Å². The van der Waals surface area contributed by atoms with Crippen LogP contribution in [0.5, 0.6) is 0 Å². The Morgan fingerprint density at radius 1 is 1.15 bits per heavy atom. The van der Waals surface area contributed by atoms with Gasteiger partial charge in [0, 0.05) is 35.1 Å². The highest BCUT2D eigenvalue weighted by atomic mass is 16.1. The van der Waals surface area contributed by atoms with Gasteiger partial charge in [-0.25, -0.2) is 0 Å². The van der Waals surface area contributed by atoms with E-state index < -0.39 is 0 Å². The monoisotopic (exact) mass is 264 g/mol. The second-order valence-corrected chi connectivity index (χ2v) is 4.65. The molecule has 98 valence electrons. The molecule has 0 aliphatic rings. The normalized spacial score (nSPS) is 10.7. The molecule has 0 saturated carbocycles. The summed E-state index contributed by atoms with van der Waals surface area (Å²) in [6.45, 7) is 1.91. The number of rotatable bonds is 2. The zero-order valence-corrected chi connectivity index (χ0v) is 10.9. The third-order valence-corrected chi connectivity index (χ3v) is 3.22. The van der Waals surface area contributed by atoms with Gasteiger partial charge < -0.3 is 4.98 Å². The average Bonchev–Trinajstić information content (AvgIpc) is 2.48. The van der Waals surface area contributed by atoms with Crippen molar-refractivity contribution >= 4 is 16.7 Å². The number of H-pyrrole nitrogens is 1. The van der Waals surface area contributed by atoms with Crippen LogP contribution < -0.4 is 5.43 Å². The second-order valence-electron chi connectivity index (χ2n) is 4.65. The van der Waals surface area contributed by atoms with Crippen LogP contribution in [0.15, 0.2) is 53.7 Å². The highest BCUT2D eigenvalue weighted by molar-refractivity contribution is 6.09. The van der Waals surface area contributed by atoms with E-state index in [1.54, 1.807) is 18.2 Å². The van der Waals surface area contributed by atoms with Crippen LogP contribution in [-0.4, -0.2) is 15.8 Å². The van der Waals surface area contributed by atoms with Gasteiger partial charge in [0.1, 0.15) is 0 Å². The molecule has 4 nitrogen and oxygen atoms in total. The third-order valence-electron chi connectivity index (χ3n) is 3.22. The van der Waals surface area contributed by atoms with Crippen molar-refractivity contribution < 1.29 is 4.79 Å². The number of aromatic amines is 1. The summed E-state index contributed by atoms with van der Waals surface area (Å²) < 4.78 is 0. The summed E-state index contributed by atoms with van der Waals surface area (Å²) in [6.07, 6.45) is 4.54. The molecule has 0 amide bonds. The fourth-order valence-electron chi connectivity index (χ4n) is 2.16. The van der Waals surface area contributed by atoms with Crippen molar-refractivity contribution in [1.82, 2.24) is 9.97 Å². The van der Waals surface area contributed by atoms with Crippen LogP contribution in [0, 0.1) is 6.92 Å². The molecule has 0 unspecified atom stereocenters. The van der Waals surface area contributed by atoms with Crippen LogP contribution in [-0.2, 0) is 0 Å². The SMILES string of the molecule is Cc1ccc2[nH]cc(C(=O)c3ccncc3)c(=O)c2c1. The van der Waals surface area contributed by atoms with Gasteiger partial charge in [-0.2, -0.15) is 0 Å². The molecule has 0 aliphatic carbocycles. The Balaban J connectivity index is 2.20. The van der Waals surface area contributed by atoms with E-state index in [2.05, 4.69) is 9.97 Å². The van der Waals surface area contributed by atoms with Crippen LogP contribution in [0.1, 0.15) is 21.5 Å². The van der Waals surface area contributed by atoms with Crippen molar-refractivity contribution in [3.05, 3.63) is 75.8 Å². The zero-order chi connectivity index (χ0) is 14.1. The highest BCUT2D eigenvalue weighted by Crippen LogP contribution is 2.12. The van der Waals surface area contributed by atoms with Crippen LogP contribution in [0.3, 0.4) is 0 Å². The predicted octanol–water partition coefficient (Wildman–Crippen LogP) is 2.46. The lowest BCUT2D eigenvalue weighted by atomic mass is 10.0. The maximum atomic E-state index is 12.4. The van der Waals surface area contributed by atoms with Gasteiger partial charge in [0.25, 0.3) is 0 Å². The van der Waals surface area contributed by atoms with Crippen molar-refractivity contribution in [3.8, 4) is 0 Å². The van der Waals surface area contributed by atoms with Crippen molar-refractivity contribution in [2.75, 3.05) is 0 Å². The average molecular weight is 264 g/mol. The number of ketones is 1. The Kier molecular flexibility index (Phi) is 2.91. The first kappa shape index (κ1) is 12.3. The molecular formula is C16H12N2O2. The van der Waals surface area contributed by atoms with E-state index in [0.29, 0.717) is 10.9 Å². The number of aromatic nitrogens is 2. The molecule has 20 heavy (non-hydrogen) atoms. The van der Waals surface area contributed by atoms with Crippen molar-refractivity contribution in [3.63, 3.8) is 0 Å². The molecular weight excluding hydrogens is 252 g/mol. The number of benzene rings is 1. The summed E-state index contributed by atoms with van der Waals surface area (Å²) in [5.41, 5.74) is 2.07. The van der Waals surface area contributed by atoms with E-state index in [1.165, 1.54) is 18.6 Å². The maximum absolute atomic E-state index is 12.4. The molecule has 0 aliphatic heterocycles. The fraction of sp³-hybridized carbons (Fsp3) is 0.0625. The number of carbonyl (C=O) groups excluding carboxylic acids is 1. The highest BCUT2D eigenvalue weighted by Gasteiger charge is 2.14. The summed E-state index contributed by atoms with van der Waals surface area (Å²) in [7, 11) is 0. The zero-order valence-electron chi connectivity index (χ0n) is 10.9. The van der Waals surface area contributed by atoms with Gasteiger partial charge in [-0.1, -0.05) is 11.6 Å². The molecule has 2 heterocycles. The molecule has 3 aromatic rings. The van der Waals surface area contributed by atoms with Crippen LogP contribution in [0.4, 0.5) is 0 Å². The Morgan fingerprint density at radius 3 is 2.65 bits per heavy atom. The van der Waals surface area contributed by atoms with Gasteiger partial charge in [-0.15, -0.1) is 0 Å². The maximum Gasteiger partial charge on any atom is 0.200 e. The lowest BCUT2D eigenvalue weighted by Gasteiger charge is -2.03. The number of hydrogen-bond acceptors (Lipinski definition) is 3. The van der Waals surface area contributed by atoms with Gasteiger partial charge in [-0.05, 0) is 31.2 Å². The van der Waals surface area contributed by atoms with E-state index in [1.807, 2.05) is 19.1 Å². The number of aryl methyl sites for hydroxylation is 1. The van der Waals surface area contributed by atoms with Crippen LogP contribution >= 0.6 is 0 Å². The molecule has 2 aromatic heterocycles. The standard InChI is InChI=1S/C16H12N2O2/c1-10-2-3-14-12(8-10)16(20)13(9-18-14)15(19)11-4-6-17-7-5-11/h2-9H,1H3,(H,18,20). The number of nitrogens with zero attached hydrogens (tertiary/aromatic N) is 1. The van der Waals surface area contributed by atoms with E-state index in [9.17, 15) is 9.59 Å². The lowest BCUT2D eigenvalue weighted by Crippen LogP contribution is -2.16. The molecule has 4 heteroatoms. The summed E-state index contributed by atoms with van der Waals surface area (Å²) in [6, 6.07) is 8.75. The number of hydrogen-bond donors (Lipinski definition) is 1. The van der Waals surface area contributed by atoms with Gasteiger partial charge in [0.15, 0.2) is 5.78 Å². The van der Waals surface area contributed by atoms with E-state index >= 15 is 0 Å². The lowest BCUT2D eigenvalue weighted by molar-refractivity contribution is 0.103. The molecule has 1 aromatic carbocycles. The number of fused-ring (bicyclic) bond motifs is 1. The minimum atomic E-state index is -0.294. The summed E-state index contributed by atoms with van der Waals surface area (Å²) in [5.74, 6) is -0.294. The first-order valence-electron chi connectivity index (χ1n) is 6.23. The summed E-state index contributed by atoms with van der Waals surface area (Å²) in [4.78, 5) is 31.7. The smallest absolute Gasteiger partial charge is 0.200 e. The summed E-state index contributed by atoms with van der Waals surface area (Å²) in [5, 5.41) is 0.532. The molecule has 0 bridgehead atoms. The molecule has 0 atom stereocenters. The quantitative estimate of drug-likeness (QED) is 0.723. The Morgan fingerprint density at radius 2 is 1.90 bits per heavy atom. The minimum Gasteiger partial charge on any atom is -0.360 e. The third kappa shape index (κ3) is 2.01. The molecule has 1 N–H and O–H groups in total. The largest absolute Gasteiger partial charge is 0.360 e. The van der Waals surface area contributed by atoms with Gasteiger partial charge in [0.2, 0.25) is 5.43 Å². The molecule has 3 rings (SSSR count). The first-order chi connectivity index (χ1) is 9.66. The Bertz CT molecular complexity index is 851. The molecule has 0 radical (unpaired) electrons. The Labute approximate surface area is 115 Å². The fourth-order valence-corrected chi connectivity index (χ4v) is 2.16. The number of nitrogens with one attached hydrogen (secondary N) is 1. The van der Waals surface area contributed by atoms with Gasteiger partial charge in [-0.3, -0.25) is 14.6 Å². The topological polar surface area (TPSA) is 62.8 Å². The van der Waals surface area contributed by atoms with E-state index in [-0.39, 0.29) is 16.8 Å². The van der Waals surface area contributed by atoms with E-state index in [4.69, 9.17) is 0 Å².